The minimum absolute atomic E-state index is 0.488. The molecule has 0 aliphatic heterocycles. The molecule has 4 aliphatic carbocycles. The van der Waals surface area contributed by atoms with Crippen LogP contribution >= 0.6 is 0 Å². The molecule has 2 heteroatoms. The van der Waals surface area contributed by atoms with Crippen LogP contribution in [-0.4, -0.2) is 11.1 Å². The summed E-state index contributed by atoms with van der Waals surface area (Å²) in [6.07, 6.45) is 14.6. The summed E-state index contributed by atoms with van der Waals surface area (Å²) in [5, 5.41) is 0. The minimum atomic E-state index is 0.488. The number of hydrogen-bond acceptors (Lipinski definition) is 1. The van der Waals surface area contributed by atoms with Gasteiger partial charge in [-0.25, -0.2) is 0 Å². The summed E-state index contributed by atoms with van der Waals surface area (Å²) in [7, 11) is 0. The molecular weight excluding hydrogens is 220 g/mol. The van der Waals surface area contributed by atoms with Crippen LogP contribution in [0.1, 0.15) is 44.1 Å². The Morgan fingerprint density at radius 3 is 2.28 bits per heavy atom. The summed E-state index contributed by atoms with van der Waals surface area (Å²) in [4.78, 5) is 0. The molecule has 4 fully saturated rings. The van der Waals surface area contributed by atoms with Gasteiger partial charge in [-0.05, 0) is 80.9 Å². The second kappa shape index (κ2) is 3.86. The van der Waals surface area contributed by atoms with Crippen molar-refractivity contribution in [2.75, 3.05) is 6.54 Å². The fraction of sp³-hybridized carbons (Fsp3) is 0.750. The van der Waals surface area contributed by atoms with Gasteiger partial charge in [0.15, 0.2) is 0 Å². The number of nitrogens with two attached hydrogens (primary N) is 1. The van der Waals surface area contributed by atoms with E-state index in [0.29, 0.717) is 5.54 Å². The summed E-state index contributed by atoms with van der Waals surface area (Å²) in [6.45, 7) is 0.769. The van der Waals surface area contributed by atoms with Gasteiger partial charge in [-0.2, -0.15) is 0 Å². The van der Waals surface area contributed by atoms with Gasteiger partial charge in [0.2, 0.25) is 0 Å². The van der Waals surface area contributed by atoms with Crippen LogP contribution in [0, 0.1) is 17.8 Å². The molecule has 4 bridgehead atoms. The molecule has 0 atom stereocenters. The van der Waals surface area contributed by atoms with E-state index in [9.17, 15) is 0 Å². The van der Waals surface area contributed by atoms with Crippen molar-refractivity contribution < 1.29 is 0 Å². The topological polar surface area (TPSA) is 30.9 Å². The van der Waals surface area contributed by atoms with Crippen LogP contribution in [-0.2, 0) is 12.0 Å². The van der Waals surface area contributed by atoms with Gasteiger partial charge in [-0.3, -0.25) is 0 Å². The van der Waals surface area contributed by atoms with Gasteiger partial charge in [-0.15, -0.1) is 0 Å². The second-order valence-corrected chi connectivity index (χ2v) is 7.11. The van der Waals surface area contributed by atoms with E-state index in [-0.39, 0.29) is 0 Å². The molecule has 0 amide bonds. The van der Waals surface area contributed by atoms with Crippen LogP contribution in [0.2, 0.25) is 0 Å². The number of rotatable bonds is 3. The lowest BCUT2D eigenvalue weighted by atomic mass is 9.53. The molecule has 18 heavy (non-hydrogen) atoms. The Bertz CT molecular complexity index is 410. The molecule has 0 aromatic carbocycles. The lowest BCUT2D eigenvalue weighted by Gasteiger charge is -2.57. The largest absolute Gasteiger partial charge is 0.348 e. The highest BCUT2D eigenvalue weighted by molar-refractivity contribution is 5.16. The average Bonchev–Trinajstić information content (AvgIpc) is 2.77. The van der Waals surface area contributed by atoms with Crippen LogP contribution in [0.15, 0.2) is 18.5 Å². The highest BCUT2D eigenvalue weighted by atomic mass is 15.1. The van der Waals surface area contributed by atoms with Crippen molar-refractivity contribution in [3.63, 3.8) is 0 Å². The molecule has 98 valence electrons. The van der Waals surface area contributed by atoms with E-state index in [0.717, 1.165) is 30.7 Å². The lowest BCUT2D eigenvalue weighted by Crippen LogP contribution is -2.51. The van der Waals surface area contributed by atoms with Gasteiger partial charge < -0.3 is 10.3 Å². The van der Waals surface area contributed by atoms with Crippen molar-refractivity contribution in [1.29, 1.82) is 0 Å². The molecule has 2 N–H and O–H groups in total. The molecule has 1 aromatic heterocycles. The van der Waals surface area contributed by atoms with Crippen molar-refractivity contribution in [3.05, 3.63) is 24.0 Å². The van der Waals surface area contributed by atoms with Crippen molar-refractivity contribution in [2.24, 2.45) is 23.5 Å². The Hall–Kier alpha value is -0.760. The lowest BCUT2D eigenvalue weighted by molar-refractivity contribution is -0.0429. The molecule has 4 saturated carbocycles. The van der Waals surface area contributed by atoms with Crippen molar-refractivity contribution in [1.82, 2.24) is 4.57 Å². The molecule has 1 aromatic rings. The highest BCUT2D eigenvalue weighted by Crippen LogP contribution is 2.58. The van der Waals surface area contributed by atoms with E-state index in [2.05, 4.69) is 23.0 Å². The fourth-order valence-corrected chi connectivity index (χ4v) is 5.43. The highest BCUT2D eigenvalue weighted by Gasteiger charge is 2.51. The van der Waals surface area contributed by atoms with E-state index in [1.165, 1.54) is 44.1 Å². The van der Waals surface area contributed by atoms with Crippen molar-refractivity contribution in [3.8, 4) is 0 Å². The first-order chi connectivity index (χ1) is 8.77. The van der Waals surface area contributed by atoms with Crippen molar-refractivity contribution in [2.45, 2.75) is 50.5 Å². The number of nitrogens with zero attached hydrogens (tertiary/aromatic N) is 1. The zero-order chi connectivity index (χ0) is 12.2. The Morgan fingerprint density at radius 1 is 1.11 bits per heavy atom. The average molecular weight is 244 g/mol. The Morgan fingerprint density at radius 2 is 1.72 bits per heavy atom. The molecule has 1 heterocycles. The van der Waals surface area contributed by atoms with Gasteiger partial charge in [0.1, 0.15) is 0 Å². The maximum Gasteiger partial charge on any atom is 0.0448 e. The molecule has 5 rings (SSSR count). The molecule has 0 radical (unpaired) electrons. The van der Waals surface area contributed by atoms with E-state index >= 15 is 0 Å². The summed E-state index contributed by atoms with van der Waals surface area (Å²) in [6, 6.07) is 2.28. The van der Waals surface area contributed by atoms with Crippen LogP contribution in [0.5, 0.6) is 0 Å². The van der Waals surface area contributed by atoms with E-state index in [1.54, 1.807) is 0 Å². The predicted molar refractivity (Wildman–Crippen MR) is 73.3 cm³/mol. The molecular formula is C16H24N2. The van der Waals surface area contributed by atoms with Crippen LogP contribution in [0.25, 0.3) is 0 Å². The maximum absolute atomic E-state index is 5.67. The molecule has 4 aliphatic rings. The Balaban J connectivity index is 1.66. The van der Waals surface area contributed by atoms with E-state index < -0.39 is 0 Å². The van der Waals surface area contributed by atoms with Gasteiger partial charge >= 0.3 is 0 Å². The first kappa shape index (κ1) is 11.1. The molecule has 0 spiro atoms. The Labute approximate surface area is 110 Å². The SMILES string of the molecule is NCCc1ccn(C23CC4CC(CC(C4)C2)C3)c1. The van der Waals surface area contributed by atoms with Gasteiger partial charge in [0.05, 0.1) is 0 Å². The summed E-state index contributed by atoms with van der Waals surface area (Å²) >= 11 is 0. The zero-order valence-corrected chi connectivity index (χ0v) is 11.1. The smallest absolute Gasteiger partial charge is 0.0448 e. The summed E-state index contributed by atoms with van der Waals surface area (Å²) < 4.78 is 2.57. The first-order valence-corrected chi connectivity index (χ1v) is 7.65. The van der Waals surface area contributed by atoms with Crippen LogP contribution in [0.3, 0.4) is 0 Å². The summed E-state index contributed by atoms with van der Waals surface area (Å²) in [5.41, 5.74) is 7.58. The maximum atomic E-state index is 5.67. The first-order valence-electron chi connectivity index (χ1n) is 7.65. The van der Waals surface area contributed by atoms with E-state index in [4.69, 9.17) is 5.73 Å². The third-order valence-electron chi connectivity index (χ3n) is 5.74. The third-order valence-corrected chi connectivity index (χ3v) is 5.74. The van der Waals surface area contributed by atoms with Gasteiger partial charge in [0, 0.05) is 17.9 Å². The monoisotopic (exact) mass is 244 g/mol. The van der Waals surface area contributed by atoms with Gasteiger partial charge in [-0.1, -0.05) is 0 Å². The normalized spacial score (nSPS) is 41.5. The van der Waals surface area contributed by atoms with Crippen molar-refractivity contribution >= 4 is 0 Å². The van der Waals surface area contributed by atoms with Crippen LogP contribution < -0.4 is 5.73 Å². The predicted octanol–water partition coefficient (Wildman–Crippen LogP) is 2.91. The standard InChI is InChI=1S/C16H24N2/c17-3-1-12-2-4-18(11-12)16-8-13-5-14(9-16)7-15(6-13)10-16/h2,4,11,13-15H,1,3,5-10,17H2. The van der Waals surface area contributed by atoms with E-state index in [1.807, 2.05) is 0 Å². The minimum Gasteiger partial charge on any atom is -0.348 e. The van der Waals surface area contributed by atoms with Crippen LogP contribution in [0.4, 0.5) is 0 Å². The quantitative estimate of drug-likeness (QED) is 0.871. The second-order valence-electron chi connectivity index (χ2n) is 7.11. The fourth-order valence-electron chi connectivity index (χ4n) is 5.43. The summed E-state index contributed by atoms with van der Waals surface area (Å²) in [5.74, 6) is 3.07. The zero-order valence-electron chi connectivity index (χ0n) is 11.1. The third kappa shape index (κ3) is 1.58. The number of aromatic nitrogens is 1. The van der Waals surface area contributed by atoms with Gasteiger partial charge in [0.25, 0.3) is 0 Å². The molecule has 0 unspecified atom stereocenters. The molecule has 0 saturated heterocycles. The molecule has 2 nitrogen and oxygen atoms in total. The number of hydrogen-bond donors (Lipinski definition) is 1. The Kier molecular flexibility index (Phi) is 2.38.